The fraction of sp³-hybridized carbons (Fsp3) is 0.632. The lowest BCUT2D eigenvalue weighted by Gasteiger charge is -2.25. The van der Waals surface area contributed by atoms with Gasteiger partial charge in [-0.3, -0.25) is 4.79 Å². The van der Waals surface area contributed by atoms with Crippen molar-refractivity contribution in [3.05, 3.63) is 23.8 Å². The van der Waals surface area contributed by atoms with E-state index >= 15 is 0 Å². The topological polar surface area (TPSA) is 76.2 Å². The molecule has 0 aliphatic heterocycles. The molecule has 0 bridgehead atoms. The van der Waals surface area contributed by atoms with Crippen molar-refractivity contribution in [2.75, 3.05) is 37.5 Å². The first-order valence-electron chi connectivity index (χ1n) is 9.43. The van der Waals surface area contributed by atoms with E-state index in [1.165, 1.54) is 7.11 Å². The fourth-order valence-corrected chi connectivity index (χ4v) is 3.48. The van der Waals surface area contributed by atoms with Crippen LogP contribution in [0.1, 0.15) is 39.2 Å². The SMILES string of the molecule is CCN(CC)c1ccc(CN(C(=O)COC)C2CC2)c(OS(=O)(=O)CC)c1. The number of benzene rings is 1. The molecule has 27 heavy (non-hydrogen) atoms. The molecule has 2 rings (SSSR count). The Morgan fingerprint density at radius 3 is 2.37 bits per heavy atom. The Balaban J connectivity index is 2.36. The van der Waals surface area contributed by atoms with Gasteiger partial charge in [0.1, 0.15) is 12.4 Å². The van der Waals surface area contributed by atoms with Gasteiger partial charge in [0, 0.05) is 50.1 Å². The highest BCUT2D eigenvalue weighted by atomic mass is 32.2. The molecular formula is C19H30N2O5S. The number of rotatable bonds is 11. The Hall–Kier alpha value is -1.80. The van der Waals surface area contributed by atoms with E-state index in [9.17, 15) is 13.2 Å². The minimum Gasteiger partial charge on any atom is -0.382 e. The van der Waals surface area contributed by atoms with Gasteiger partial charge in [-0.2, -0.15) is 8.42 Å². The van der Waals surface area contributed by atoms with Gasteiger partial charge in [0.2, 0.25) is 5.91 Å². The number of amides is 1. The highest BCUT2D eigenvalue weighted by molar-refractivity contribution is 7.87. The van der Waals surface area contributed by atoms with E-state index in [1.54, 1.807) is 17.9 Å². The second-order valence-electron chi connectivity index (χ2n) is 6.58. The normalized spacial score (nSPS) is 14.1. The fourth-order valence-electron chi connectivity index (χ4n) is 2.93. The maximum Gasteiger partial charge on any atom is 0.308 e. The number of carbonyl (C=O) groups excluding carboxylic acids is 1. The molecule has 0 atom stereocenters. The second kappa shape index (κ2) is 9.41. The minimum atomic E-state index is -3.67. The second-order valence-corrected chi connectivity index (χ2v) is 8.44. The Bertz CT molecular complexity index is 742. The van der Waals surface area contributed by atoms with E-state index in [1.807, 2.05) is 26.0 Å². The maximum atomic E-state index is 12.4. The third-order valence-corrected chi connectivity index (χ3v) is 5.81. The zero-order valence-corrected chi connectivity index (χ0v) is 17.4. The van der Waals surface area contributed by atoms with Gasteiger partial charge in [0.05, 0.1) is 5.75 Å². The van der Waals surface area contributed by atoms with E-state index in [0.717, 1.165) is 31.6 Å². The van der Waals surface area contributed by atoms with Crippen molar-refractivity contribution in [1.29, 1.82) is 0 Å². The van der Waals surface area contributed by atoms with Crippen molar-refractivity contribution in [3.63, 3.8) is 0 Å². The molecule has 0 radical (unpaired) electrons. The van der Waals surface area contributed by atoms with Crippen molar-refractivity contribution in [3.8, 4) is 5.75 Å². The zero-order chi connectivity index (χ0) is 20.0. The summed E-state index contributed by atoms with van der Waals surface area (Å²) in [5.41, 5.74) is 1.57. The van der Waals surface area contributed by atoms with Crippen LogP contribution in [0.2, 0.25) is 0 Å². The molecule has 8 heteroatoms. The van der Waals surface area contributed by atoms with Gasteiger partial charge >= 0.3 is 10.1 Å². The predicted octanol–water partition coefficient (Wildman–Crippen LogP) is 2.40. The molecule has 1 aromatic carbocycles. The summed E-state index contributed by atoms with van der Waals surface area (Å²) in [6.07, 6.45) is 1.91. The third-order valence-electron chi connectivity index (χ3n) is 4.67. The summed E-state index contributed by atoms with van der Waals surface area (Å²) in [5.74, 6) is 0.0749. The third kappa shape index (κ3) is 5.84. The van der Waals surface area contributed by atoms with Crippen molar-refractivity contribution < 1.29 is 22.1 Å². The highest BCUT2D eigenvalue weighted by Gasteiger charge is 2.33. The molecule has 1 amide bonds. The van der Waals surface area contributed by atoms with Crippen molar-refractivity contribution in [1.82, 2.24) is 4.90 Å². The van der Waals surface area contributed by atoms with Crippen LogP contribution >= 0.6 is 0 Å². The molecular weight excluding hydrogens is 368 g/mol. The van der Waals surface area contributed by atoms with Gasteiger partial charge in [-0.05, 0) is 39.7 Å². The molecule has 1 aliphatic rings. The molecule has 1 saturated carbocycles. The first kappa shape index (κ1) is 21.5. The molecule has 0 spiro atoms. The predicted molar refractivity (Wildman–Crippen MR) is 106 cm³/mol. The zero-order valence-electron chi connectivity index (χ0n) is 16.6. The van der Waals surface area contributed by atoms with Gasteiger partial charge in [0.25, 0.3) is 0 Å². The van der Waals surface area contributed by atoms with E-state index in [4.69, 9.17) is 8.92 Å². The lowest BCUT2D eigenvalue weighted by atomic mass is 10.1. The summed E-state index contributed by atoms with van der Waals surface area (Å²) in [4.78, 5) is 16.2. The number of carbonyl (C=O) groups is 1. The smallest absolute Gasteiger partial charge is 0.308 e. The quantitative estimate of drug-likeness (QED) is 0.533. The number of anilines is 1. The van der Waals surface area contributed by atoms with Crippen LogP contribution in [0.25, 0.3) is 0 Å². The average Bonchev–Trinajstić information content (AvgIpc) is 3.47. The minimum absolute atomic E-state index is 0.0114. The van der Waals surface area contributed by atoms with Crippen molar-refractivity contribution in [2.24, 2.45) is 0 Å². The number of methoxy groups -OCH3 is 1. The number of ether oxygens (including phenoxy) is 1. The summed E-state index contributed by atoms with van der Waals surface area (Å²) in [7, 11) is -2.18. The van der Waals surface area contributed by atoms with E-state index in [0.29, 0.717) is 12.1 Å². The maximum absolute atomic E-state index is 12.4. The molecule has 152 valence electrons. The Labute approximate surface area is 162 Å². The Morgan fingerprint density at radius 2 is 1.85 bits per heavy atom. The van der Waals surface area contributed by atoms with Crippen LogP contribution in [0.3, 0.4) is 0 Å². The Morgan fingerprint density at radius 1 is 1.19 bits per heavy atom. The van der Waals surface area contributed by atoms with Crippen LogP contribution in [0.15, 0.2) is 18.2 Å². The van der Waals surface area contributed by atoms with Crippen LogP contribution < -0.4 is 9.08 Å². The molecule has 1 aliphatic carbocycles. The lowest BCUT2D eigenvalue weighted by Crippen LogP contribution is -2.35. The summed E-state index contributed by atoms with van der Waals surface area (Å²) in [6.45, 7) is 7.55. The largest absolute Gasteiger partial charge is 0.382 e. The summed E-state index contributed by atoms with van der Waals surface area (Å²) in [5, 5.41) is 0. The molecule has 7 nitrogen and oxygen atoms in total. The molecule has 1 aromatic rings. The molecule has 0 saturated heterocycles. The summed E-state index contributed by atoms with van der Waals surface area (Å²) in [6, 6.07) is 5.73. The van der Waals surface area contributed by atoms with Crippen LogP contribution in [-0.4, -0.2) is 57.8 Å². The van der Waals surface area contributed by atoms with Gasteiger partial charge in [0.15, 0.2) is 0 Å². The first-order chi connectivity index (χ1) is 12.8. The van der Waals surface area contributed by atoms with Gasteiger partial charge < -0.3 is 18.7 Å². The lowest BCUT2D eigenvalue weighted by molar-refractivity contribution is -0.136. The van der Waals surface area contributed by atoms with Gasteiger partial charge in [-0.15, -0.1) is 0 Å². The van der Waals surface area contributed by atoms with E-state index < -0.39 is 10.1 Å². The molecule has 1 fully saturated rings. The monoisotopic (exact) mass is 398 g/mol. The molecule has 0 aromatic heterocycles. The van der Waals surface area contributed by atoms with Gasteiger partial charge in [-0.25, -0.2) is 0 Å². The summed E-state index contributed by atoms with van der Waals surface area (Å²) >= 11 is 0. The van der Waals surface area contributed by atoms with E-state index in [-0.39, 0.29) is 30.1 Å². The van der Waals surface area contributed by atoms with Crippen LogP contribution in [0, 0.1) is 0 Å². The van der Waals surface area contributed by atoms with Crippen molar-refractivity contribution >= 4 is 21.7 Å². The summed E-state index contributed by atoms with van der Waals surface area (Å²) < 4.78 is 34.5. The molecule has 0 heterocycles. The van der Waals surface area contributed by atoms with Crippen molar-refractivity contribution in [2.45, 2.75) is 46.2 Å². The van der Waals surface area contributed by atoms with Gasteiger partial charge in [-0.1, -0.05) is 6.07 Å². The van der Waals surface area contributed by atoms with E-state index in [2.05, 4.69) is 4.90 Å². The standard InChI is InChI=1S/C19H30N2O5S/c1-5-20(6-2)17-9-8-15(18(12-17)26-27(23,24)7-3)13-21(16-10-11-16)19(22)14-25-4/h8-9,12,16H,5-7,10-11,13-14H2,1-4H3. The Kier molecular flexibility index (Phi) is 7.49. The van der Waals surface area contributed by atoms with Crippen LogP contribution in [-0.2, 0) is 26.2 Å². The first-order valence-corrected chi connectivity index (χ1v) is 11.0. The van der Waals surface area contributed by atoms with Crippen LogP contribution in [0.5, 0.6) is 5.75 Å². The average molecular weight is 399 g/mol. The number of nitrogens with zero attached hydrogens (tertiary/aromatic N) is 2. The molecule has 0 unspecified atom stereocenters. The number of hydrogen-bond acceptors (Lipinski definition) is 6. The number of hydrogen-bond donors (Lipinski definition) is 0. The molecule has 0 N–H and O–H groups in total. The highest BCUT2D eigenvalue weighted by Crippen LogP contribution is 2.33. The van der Waals surface area contributed by atoms with Crippen LogP contribution in [0.4, 0.5) is 5.69 Å².